The first-order chi connectivity index (χ1) is 13.2. The molecule has 0 bridgehead atoms. The van der Waals surface area contributed by atoms with E-state index in [0.29, 0.717) is 0 Å². The highest BCUT2D eigenvalue weighted by molar-refractivity contribution is 5.60. The minimum atomic E-state index is 0.765. The van der Waals surface area contributed by atoms with Crippen molar-refractivity contribution in [1.29, 1.82) is 0 Å². The van der Waals surface area contributed by atoms with Crippen molar-refractivity contribution in [1.82, 2.24) is 14.5 Å². The van der Waals surface area contributed by atoms with Crippen LogP contribution in [0.1, 0.15) is 37.1 Å². The van der Waals surface area contributed by atoms with Gasteiger partial charge in [-0.25, -0.2) is 4.98 Å². The Morgan fingerprint density at radius 3 is 2.56 bits per heavy atom. The third kappa shape index (κ3) is 4.29. The maximum absolute atomic E-state index is 5.71. The standard InChI is InChI=1S/C22H32N4O/c1-18-23-9-14-26(18)17-19-7-12-24(13-8-19)16-20-5-6-21(22(15-20)27-2)25-10-3-4-11-25/h5-6,9,14-15,19H,3-4,7-8,10-13,16-17H2,1-2H3. The van der Waals surface area contributed by atoms with Gasteiger partial charge in [-0.3, -0.25) is 4.90 Å². The smallest absolute Gasteiger partial charge is 0.142 e. The van der Waals surface area contributed by atoms with Gasteiger partial charge in [-0.2, -0.15) is 0 Å². The Kier molecular flexibility index (Phi) is 5.67. The second-order valence-electron chi connectivity index (χ2n) is 8.05. The predicted octanol–water partition coefficient (Wildman–Crippen LogP) is 3.71. The van der Waals surface area contributed by atoms with Crippen LogP contribution in [-0.4, -0.2) is 47.7 Å². The van der Waals surface area contributed by atoms with Gasteiger partial charge in [0.2, 0.25) is 0 Å². The number of rotatable bonds is 6. The quantitative estimate of drug-likeness (QED) is 0.778. The summed E-state index contributed by atoms with van der Waals surface area (Å²) in [5, 5.41) is 0. The van der Waals surface area contributed by atoms with Gasteiger partial charge < -0.3 is 14.2 Å². The zero-order valence-electron chi connectivity index (χ0n) is 16.7. The Bertz CT molecular complexity index is 743. The maximum atomic E-state index is 5.71. The molecular weight excluding hydrogens is 336 g/mol. The van der Waals surface area contributed by atoms with E-state index in [-0.39, 0.29) is 0 Å². The number of nitrogens with zero attached hydrogens (tertiary/aromatic N) is 4. The maximum Gasteiger partial charge on any atom is 0.142 e. The first kappa shape index (κ1) is 18.4. The summed E-state index contributed by atoms with van der Waals surface area (Å²) in [6.45, 7) is 8.88. The minimum absolute atomic E-state index is 0.765. The lowest BCUT2D eigenvalue weighted by Gasteiger charge is -2.32. The number of imidazole rings is 1. The molecule has 5 nitrogen and oxygen atoms in total. The Labute approximate surface area is 162 Å². The highest BCUT2D eigenvalue weighted by atomic mass is 16.5. The van der Waals surface area contributed by atoms with E-state index in [9.17, 15) is 0 Å². The summed E-state index contributed by atoms with van der Waals surface area (Å²) in [7, 11) is 1.79. The zero-order chi connectivity index (χ0) is 18.6. The third-order valence-corrected chi connectivity index (χ3v) is 6.18. The molecule has 1 aromatic carbocycles. The van der Waals surface area contributed by atoms with Crippen molar-refractivity contribution in [3.05, 3.63) is 42.0 Å². The van der Waals surface area contributed by atoms with E-state index in [2.05, 4.69) is 50.7 Å². The van der Waals surface area contributed by atoms with Crippen LogP contribution in [0.15, 0.2) is 30.6 Å². The first-order valence-corrected chi connectivity index (χ1v) is 10.3. The van der Waals surface area contributed by atoms with Crippen LogP contribution in [0.4, 0.5) is 5.69 Å². The van der Waals surface area contributed by atoms with Crippen molar-refractivity contribution in [2.45, 2.75) is 45.7 Å². The fraction of sp³-hybridized carbons (Fsp3) is 0.591. The summed E-state index contributed by atoms with van der Waals surface area (Å²) >= 11 is 0. The molecule has 2 aliphatic heterocycles. The average molecular weight is 369 g/mol. The van der Waals surface area contributed by atoms with Crippen LogP contribution < -0.4 is 9.64 Å². The van der Waals surface area contributed by atoms with Gasteiger partial charge in [-0.15, -0.1) is 0 Å². The average Bonchev–Trinajstić information content (AvgIpc) is 3.36. The molecule has 27 heavy (non-hydrogen) atoms. The number of hydrogen-bond donors (Lipinski definition) is 0. The SMILES string of the molecule is COc1cc(CN2CCC(Cn3ccnc3C)CC2)ccc1N1CCCC1. The van der Waals surface area contributed by atoms with E-state index in [0.717, 1.165) is 43.7 Å². The largest absolute Gasteiger partial charge is 0.495 e. The second-order valence-corrected chi connectivity index (χ2v) is 8.05. The molecule has 0 radical (unpaired) electrons. The molecule has 0 saturated carbocycles. The van der Waals surface area contributed by atoms with Crippen LogP contribution >= 0.6 is 0 Å². The zero-order valence-corrected chi connectivity index (χ0v) is 16.7. The summed E-state index contributed by atoms with van der Waals surface area (Å²) in [6.07, 6.45) is 9.12. The van der Waals surface area contributed by atoms with Crippen molar-refractivity contribution in [2.75, 3.05) is 38.2 Å². The Balaban J connectivity index is 1.32. The molecule has 2 aliphatic rings. The normalized spacial score (nSPS) is 19.0. The molecule has 2 saturated heterocycles. The number of anilines is 1. The van der Waals surface area contributed by atoms with Gasteiger partial charge >= 0.3 is 0 Å². The number of aromatic nitrogens is 2. The number of likely N-dealkylation sites (tertiary alicyclic amines) is 1. The number of aryl methyl sites for hydroxylation is 1. The van der Waals surface area contributed by atoms with Crippen molar-refractivity contribution in [2.24, 2.45) is 5.92 Å². The topological polar surface area (TPSA) is 33.5 Å². The van der Waals surface area contributed by atoms with Gasteiger partial charge in [0.1, 0.15) is 11.6 Å². The van der Waals surface area contributed by atoms with Crippen molar-refractivity contribution >= 4 is 5.69 Å². The number of hydrogen-bond acceptors (Lipinski definition) is 4. The lowest BCUT2D eigenvalue weighted by atomic mass is 9.96. The molecule has 5 heteroatoms. The van der Waals surface area contributed by atoms with E-state index in [4.69, 9.17) is 4.74 Å². The van der Waals surface area contributed by atoms with Crippen LogP contribution in [0.2, 0.25) is 0 Å². The Morgan fingerprint density at radius 1 is 1.11 bits per heavy atom. The number of ether oxygens (including phenoxy) is 1. The molecule has 0 amide bonds. The molecule has 1 aromatic heterocycles. The summed E-state index contributed by atoms with van der Waals surface area (Å²) in [5.41, 5.74) is 2.62. The summed E-state index contributed by atoms with van der Waals surface area (Å²) < 4.78 is 8.00. The summed E-state index contributed by atoms with van der Waals surface area (Å²) in [4.78, 5) is 9.38. The predicted molar refractivity (Wildman–Crippen MR) is 109 cm³/mol. The van der Waals surface area contributed by atoms with Crippen LogP contribution in [0, 0.1) is 12.8 Å². The van der Waals surface area contributed by atoms with Gasteiger partial charge in [0.15, 0.2) is 0 Å². The Hall–Kier alpha value is -2.01. The first-order valence-electron chi connectivity index (χ1n) is 10.3. The van der Waals surface area contributed by atoms with Gasteiger partial charge in [0.25, 0.3) is 0 Å². The van der Waals surface area contributed by atoms with E-state index in [1.807, 2.05) is 6.20 Å². The molecule has 0 atom stereocenters. The molecule has 0 spiro atoms. The van der Waals surface area contributed by atoms with Gasteiger partial charge in [0.05, 0.1) is 12.8 Å². The minimum Gasteiger partial charge on any atom is -0.495 e. The van der Waals surface area contributed by atoms with E-state index in [1.54, 1.807) is 7.11 Å². The monoisotopic (exact) mass is 368 g/mol. The fourth-order valence-corrected chi connectivity index (χ4v) is 4.50. The Morgan fingerprint density at radius 2 is 1.89 bits per heavy atom. The number of piperidine rings is 1. The van der Waals surface area contributed by atoms with E-state index in [1.165, 1.54) is 50.0 Å². The van der Waals surface area contributed by atoms with Crippen LogP contribution in [0.3, 0.4) is 0 Å². The van der Waals surface area contributed by atoms with E-state index >= 15 is 0 Å². The molecule has 4 rings (SSSR count). The van der Waals surface area contributed by atoms with Crippen molar-refractivity contribution < 1.29 is 4.74 Å². The molecule has 3 heterocycles. The number of methoxy groups -OCH3 is 1. The third-order valence-electron chi connectivity index (χ3n) is 6.18. The van der Waals surface area contributed by atoms with Crippen molar-refractivity contribution in [3.8, 4) is 5.75 Å². The molecule has 146 valence electrons. The highest BCUT2D eigenvalue weighted by Gasteiger charge is 2.21. The van der Waals surface area contributed by atoms with Crippen LogP contribution in [0.25, 0.3) is 0 Å². The number of benzene rings is 1. The van der Waals surface area contributed by atoms with Crippen molar-refractivity contribution in [3.63, 3.8) is 0 Å². The fourth-order valence-electron chi connectivity index (χ4n) is 4.50. The van der Waals surface area contributed by atoms with E-state index < -0.39 is 0 Å². The summed E-state index contributed by atoms with van der Waals surface area (Å²) in [5.74, 6) is 2.92. The highest BCUT2D eigenvalue weighted by Crippen LogP contribution is 2.32. The lowest BCUT2D eigenvalue weighted by Crippen LogP contribution is -2.34. The molecule has 0 aliphatic carbocycles. The van der Waals surface area contributed by atoms with Crippen LogP contribution in [0.5, 0.6) is 5.75 Å². The van der Waals surface area contributed by atoms with Gasteiger partial charge in [-0.1, -0.05) is 6.07 Å². The lowest BCUT2D eigenvalue weighted by molar-refractivity contribution is 0.166. The van der Waals surface area contributed by atoms with Crippen LogP contribution in [-0.2, 0) is 13.1 Å². The summed E-state index contributed by atoms with van der Waals surface area (Å²) in [6, 6.07) is 6.79. The molecular formula is C22H32N4O. The van der Waals surface area contributed by atoms with Gasteiger partial charge in [-0.05, 0) is 69.3 Å². The molecule has 0 N–H and O–H groups in total. The second kappa shape index (κ2) is 8.34. The molecule has 0 unspecified atom stereocenters. The molecule has 2 fully saturated rings. The van der Waals surface area contributed by atoms with Gasteiger partial charge in [0, 0.05) is 38.6 Å². The molecule has 2 aromatic rings.